The maximum atomic E-state index is 11.6. The van der Waals surface area contributed by atoms with Gasteiger partial charge < -0.3 is 24.5 Å². The van der Waals surface area contributed by atoms with Gasteiger partial charge in [-0.1, -0.05) is 0 Å². The number of benzene rings is 2. The average Bonchev–Trinajstić information content (AvgIpc) is 2.66. The Morgan fingerprint density at radius 3 is 2.61 bits per heavy atom. The zero-order chi connectivity index (χ0) is 20.3. The van der Waals surface area contributed by atoms with E-state index < -0.39 is 0 Å². The van der Waals surface area contributed by atoms with Crippen LogP contribution in [0.4, 0.5) is 5.69 Å². The first-order valence-electron chi connectivity index (χ1n) is 8.75. The van der Waals surface area contributed by atoms with Gasteiger partial charge in [0.1, 0.15) is 17.1 Å². The van der Waals surface area contributed by atoms with Crippen LogP contribution in [0.5, 0.6) is 11.5 Å². The Morgan fingerprint density at radius 1 is 1.11 bits per heavy atom. The van der Waals surface area contributed by atoms with Crippen molar-refractivity contribution in [1.29, 1.82) is 0 Å². The van der Waals surface area contributed by atoms with Crippen LogP contribution in [0.3, 0.4) is 0 Å². The molecule has 1 heterocycles. The molecule has 3 rings (SSSR count). The van der Waals surface area contributed by atoms with Gasteiger partial charge in [0.15, 0.2) is 5.11 Å². The zero-order valence-corrected chi connectivity index (χ0v) is 17.0. The summed E-state index contributed by atoms with van der Waals surface area (Å²) < 4.78 is 16.0. The molecule has 2 aromatic carbocycles. The lowest BCUT2D eigenvalue weighted by Crippen LogP contribution is -2.31. The van der Waals surface area contributed by atoms with Crippen LogP contribution < -0.4 is 25.7 Å². The van der Waals surface area contributed by atoms with Gasteiger partial charge in [0.25, 0.3) is 0 Å². The van der Waals surface area contributed by atoms with Gasteiger partial charge in [-0.15, -0.1) is 0 Å². The summed E-state index contributed by atoms with van der Waals surface area (Å²) in [6, 6.07) is 12.5. The van der Waals surface area contributed by atoms with Gasteiger partial charge in [-0.2, -0.15) is 0 Å². The van der Waals surface area contributed by atoms with Crippen molar-refractivity contribution in [3.63, 3.8) is 0 Å². The van der Waals surface area contributed by atoms with Gasteiger partial charge >= 0.3 is 5.63 Å². The molecule has 7 heteroatoms. The summed E-state index contributed by atoms with van der Waals surface area (Å²) in [5.74, 6) is 1.48. The first-order chi connectivity index (χ1) is 13.4. The molecule has 146 valence electrons. The van der Waals surface area contributed by atoms with Crippen LogP contribution in [-0.4, -0.2) is 19.3 Å². The Bertz CT molecular complexity index is 1080. The molecule has 28 heavy (non-hydrogen) atoms. The monoisotopic (exact) mass is 398 g/mol. The van der Waals surface area contributed by atoms with Crippen LogP contribution in [0.2, 0.25) is 0 Å². The average molecular weight is 398 g/mol. The minimum Gasteiger partial charge on any atom is -0.497 e. The molecule has 0 aliphatic rings. The number of hydrogen-bond donors (Lipinski definition) is 2. The summed E-state index contributed by atoms with van der Waals surface area (Å²) in [7, 11) is 3.25. The predicted octanol–water partition coefficient (Wildman–Crippen LogP) is 4.17. The van der Waals surface area contributed by atoms with Gasteiger partial charge in [-0.3, -0.25) is 0 Å². The number of ether oxygens (including phenoxy) is 2. The van der Waals surface area contributed by atoms with E-state index in [0.29, 0.717) is 10.7 Å². The molecule has 1 aromatic heterocycles. The van der Waals surface area contributed by atoms with Crippen LogP contribution in [0.1, 0.15) is 24.1 Å². The second-order valence-corrected chi connectivity index (χ2v) is 6.80. The molecule has 0 aliphatic carbocycles. The Kier molecular flexibility index (Phi) is 5.84. The Morgan fingerprint density at radius 2 is 1.89 bits per heavy atom. The number of hydrogen-bond acceptors (Lipinski definition) is 5. The van der Waals surface area contributed by atoms with Crippen molar-refractivity contribution in [2.45, 2.75) is 19.9 Å². The molecular weight excluding hydrogens is 376 g/mol. The highest BCUT2D eigenvalue weighted by molar-refractivity contribution is 7.80. The van der Waals surface area contributed by atoms with E-state index in [9.17, 15) is 4.79 Å². The van der Waals surface area contributed by atoms with Crippen molar-refractivity contribution in [1.82, 2.24) is 5.32 Å². The third-order valence-corrected chi connectivity index (χ3v) is 4.68. The fourth-order valence-corrected chi connectivity index (χ4v) is 3.32. The molecule has 1 unspecified atom stereocenters. The number of anilines is 1. The summed E-state index contributed by atoms with van der Waals surface area (Å²) >= 11 is 5.44. The number of thiocarbonyl (C=S) groups is 1. The maximum absolute atomic E-state index is 11.6. The number of aryl methyl sites for hydroxylation is 1. The largest absolute Gasteiger partial charge is 0.497 e. The molecule has 6 nitrogen and oxygen atoms in total. The van der Waals surface area contributed by atoms with E-state index in [-0.39, 0.29) is 11.7 Å². The lowest BCUT2D eigenvalue weighted by molar-refractivity contribution is 0.395. The molecule has 0 saturated carbocycles. The lowest BCUT2D eigenvalue weighted by atomic mass is 10.1. The summed E-state index contributed by atoms with van der Waals surface area (Å²) in [5, 5.41) is 7.68. The van der Waals surface area contributed by atoms with Gasteiger partial charge in [0.2, 0.25) is 0 Å². The van der Waals surface area contributed by atoms with Gasteiger partial charge in [-0.25, -0.2) is 4.79 Å². The smallest absolute Gasteiger partial charge is 0.336 e. The lowest BCUT2D eigenvalue weighted by Gasteiger charge is -2.20. The van der Waals surface area contributed by atoms with E-state index >= 15 is 0 Å². The van der Waals surface area contributed by atoms with E-state index in [2.05, 4.69) is 10.6 Å². The first-order valence-corrected chi connectivity index (χ1v) is 9.16. The fourth-order valence-electron chi connectivity index (χ4n) is 3.02. The molecule has 0 aliphatic heterocycles. The van der Waals surface area contributed by atoms with Crippen LogP contribution in [0, 0.1) is 6.92 Å². The third kappa shape index (κ3) is 4.26. The Balaban J connectivity index is 1.77. The molecule has 1 atom stereocenters. The second kappa shape index (κ2) is 8.31. The molecule has 0 amide bonds. The second-order valence-electron chi connectivity index (χ2n) is 6.39. The van der Waals surface area contributed by atoms with Crippen LogP contribution in [-0.2, 0) is 0 Å². The summed E-state index contributed by atoms with van der Waals surface area (Å²) in [4.78, 5) is 11.6. The van der Waals surface area contributed by atoms with E-state index in [4.69, 9.17) is 26.1 Å². The van der Waals surface area contributed by atoms with Crippen LogP contribution in [0.25, 0.3) is 11.0 Å². The Hall–Kier alpha value is -3.06. The van der Waals surface area contributed by atoms with E-state index in [1.54, 1.807) is 20.3 Å². The van der Waals surface area contributed by atoms with Crippen molar-refractivity contribution in [3.05, 3.63) is 64.0 Å². The minimum atomic E-state index is -0.374. The molecule has 0 bridgehead atoms. The molecule has 2 N–H and O–H groups in total. The summed E-state index contributed by atoms with van der Waals surface area (Å²) in [6.07, 6.45) is 0. The van der Waals surface area contributed by atoms with Gasteiger partial charge in [-0.05, 0) is 62.0 Å². The quantitative estimate of drug-likeness (QED) is 0.494. The van der Waals surface area contributed by atoms with Gasteiger partial charge in [0.05, 0.1) is 20.3 Å². The highest BCUT2D eigenvalue weighted by atomic mass is 32.1. The third-order valence-electron chi connectivity index (χ3n) is 4.46. The van der Waals surface area contributed by atoms with Gasteiger partial charge in [0, 0.05) is 28.8 Å². The summed E-state index contributed by atoms with van der Waals surface area (Å²) in [6.45, 7) is 3.86. The normalized spacial score (nSPS) is 11.7. The minimum absolute atomic E-state index is 0.120. The Labute approximate surface area is 168 Å². The number of rotatable bonds is 5. The van der Waals surface area contributed by atoms with Crippen molar-refractivity contribution < 1.29 is 13.9 Å². The molecule has 0 spiro atoms. The highest BCUT2D eigenvalue weighted by Gasteiger charge is 2.14. The predicted molar refractivity (Wildman–Crippen MR) is 115 cm³/mol. The number of nitrogens with one attached hydrogen (secondary N) is 2. The summed E-state index contributed by atoms with van der Waals surface area (Å²) in [5.41, 5.74) is 2.66. The van der Waals surface area contributed by atoms with E-state index in [1.807, 2.05) is 44.2 Å². The van der Waals surface area contributed by atoms with Crippen molar-refractivity contribution in [3.8, 4) is 11.5 Å². The van der Waals surface area contributed by atoms with E-state index in [1.165, 1.54) is 6.07 Å². The van der Waals surface area contributed by atoms with Crippen molar-refractivity contribution >= 4 is 34.0 Å². The zero-order valence-electron chi connectivity index (χ0n) is 16.2. The van der Waals surface area contributed by atoms with Crippen molar-refractivity contribution in [2.75, 3.05) is 19.5 Å². The molecule has 3 aromatic rings. The standard InChI is InChI=1S/C21H22N2O4S/c1-12-9-20(24)27-19-10-14(5-7-16(12)19)23-21(28)22-13(2)17-11-15(25-3)6-8-18(17)26-4/h5-11,13H,1-4H3,(H2,22,23,28). The highest BCUT2D eigenvalue weighted by Crippen LogP contribution is 2.29. The van der Waals surface area contributed by atoms with Crippen LogP contribution >= 0.6 is 12.2 Å². The van der Waals surface area contributed by atoms with Crippen molar-refractivity contribution in [2.24, 2.45) is 0 Å². The molecule has 0 fully saturated rings. The first kappa shape index (κ1) is 19.7. The topological polar surface area (TPSA) is 72.7 Å². The fraction of sp³-hybridized carbons (Fsp3) is 0.238. The molecule has 0 radical (unpaired) electrons. The van der Waals surface area contributed by atoms with Crippen LogP contribution in [0.15, 0.2) is 51.7 Å². The van der Waals surface area contributed by atoms with E-state index in [0.717, 1.165) is 33.7 Å². The maximum Gasteiger partial charge on any atom is 0.336 e. The molecule has 0 saturated heterocycles. The number of methoxy groups -OCH3 is 2. The molecular formula is C21H22N2O4S. The SMILES string of the molecule is COc1ccc(OC)c(C(C)NC(=S)Nc2ccc3c(C)cc(=O)oc3c2)c1. The number of fused-ring (bicyclic) bond motifs is 1.